The van der Waals surface area contributed by atoms with Crippen LogP contribution in [0, 0.1) is 0 Å². The minimum Gasteiger partial charge on any atom is -0.478 e. The number of carboxylic acid groups (broad SMARTS) is 1. The van der Waals surface area contributed by atoms with Gasteiger partial charge in [0.25, 0.3) is 6.43 Å². The normalized spacial score (nSPS) is 10.6. The van der Waals surface area contributed by atoms with Crippen molar-refractivity contribution >= 4 is 17.3 Å². The molecule has 100 valence electrons. The average molecular weight is 260 g/mol. The summed E-state index contributed by atoms with van der Waals surface area (Å²) in [6, 6.07) is 4.23. The smallest absolute Gasteiger partial charge is 0.335 e. The third-order valence-corrected chi connectivity index (χ3v) is 2.11. The van der Waals surface area contributed by atoms with Crippen molar-refractivity contribution in [3.8, 4) is 0 Å². The maximum Gasteiger partial charge on any atom is 0.335 e. The summed E-state index contributed by atoms with van der Waals surface area (Å²) in [5.41, 5.74) is 6.56. The number of nitrogens with two attached hydrogens (primary N) is 1. The molecule has 0 aliphatic carbocycles. The van der Waals surface area contributed by atoms with Crippen molar-refractivity contribution in [1.82, 2.24) is 0 Å². The highest BCUT2D eigenvalue weighted by Gasteiger charge is 2.06. The second-order valence-electron chi connectivity index (χ2n) is 3.50. The fourth-order valence-electron chi connectivity index (χ4n) is 1.27. The first-order chi connectivity index (χ1) is 8.50. The van der Waals surface area contributed by atoms with Gasteiger partial charge in [-0.25, -0.2) is 13.6 Å². The lowest BCUT2D eigenvalue weighted by Crippen LogP contribution is -2.14. The number of alkyl halides is 2. The lowest BCUT2D eigenvalue weighted by Gasteiger charge is -2.10. The Morgan fingerprint density at radius 2 is 2.22 bits per heavy atom. The number of rotatable bonds is 7. The maximum atomic E-state index is 11.8. The molecule has 0 aliphatic rings. The fraction of sp³-hybridized carbons (Fsp3) is 0.364. The first-order valence-corrected chi connectivity index (χ1v) is 5.23. The molecule has 4 N–H and O–H groups in total. The van der Waals surface area contributed by atoms with E-state index in [1.807, 2.05) is 0 Å². The van der Waals surface area contributed by atoms with E-state index in [1.165, 1.54) is 18.2 Å². The topological polar surface area (TPSA) is 84.6 Å². The number of benzene rings is 1. The summed E-state index contributed by atoms with van der Waals surface area (Å²) in [6.45, 7) is -0.270. The van der Waals surface area contributed by atoms with E-state index in [1.54, 1.807) is 0 Å². The minimum atomic E-state index is -2.49. The Morgan fingerprint density at radius 1 is 1.50 bits per heavy atom. The van der Waals surface area contributed by atoms with E-state index in [-0.39, 0.29) is 18.7 Å². The number of ether oxygens (including phenoxy) is 1. The van der Waals surface area contributed by atoms with Gasteiger partial charge in [0.2, 0.25) is 0 Å². The zero-order valence-corrected chi connectivity index (χ0v) is 9.53. The number of hydrogen-bond acceptors (Lipinski definition) is 4. The van der Waals surface area contributed by atoms with Crippen LogP contribution < -0.4 is 11.1 Å². The highest BCUT2D eigenvalue weighted by atomic mass is 19.3. The number of carbonyl (C=O) groups is 1. The first kappa shape index (κ1) is 14.2. The van der Waals surface area contributed by atoms with Crippen LogP contribution in [0.25, 0.3) is 0 Å². The second kappa shape index (κ2) is 6.75. The summed E-state index contributed by atoms with van der Waals surface area (Å²) in [5, 5.41) is 11.6. The third-order valence-electron chi connectivity index (χ3n) is 2.11. The van der Waals surface area contributed by atoms with Crippen LogP contribution >= 0.6 is 0 Å². The molecule has 18 heavy (non-hydrogen) atoms. The van der Waals surface area contributed by atoms with Gasteiger partial charge in [0.05, 0.1) is 23.5 Å². The molecule has 7 heteroatoms. The highest BCUT2D eigenvalue weighted by molar-refractivity contribution is 5.90. The van der Waals surface area contributed by atoms with Crippen molar-refractivity contribution in [2.24, 2.45) is 0 Å². The van der Waals surface area contributed by atoms with Crippen molar-refractivity contribution in [3.63, 3.8) is 0 Å². The molecule has 0 fully saturated rings. The van der Waals surface area contributed by atoms with Gasteiger partial charge in [-0.2, -0.15) is 0 Å². The van der Waals surface area contributed by atoms with Crippen LogP contribution in [-0.2, 0) is 4.74 Å². The van der Waals surface area contributed by atoms with Gasteiger partial charge in [0, 0.05) is 6.54 Å². The molecule has 0 amide bonds. The van der Waals surface area contributed by atoms with Gasteiger partial charge in [-0.3, -0.25) is 0 Å². The van der Waals surface area contributed by atoms with E-state index in [0.29, 0.717) is 11.4 Å². The number of hydrogen-bond donors (Lipinski definition) is 3. The van der Waals surface area contributed by atoms with Gasteiger partial charge in [-0.15, -0.1) is 0 Å². The summed E-state index contributed by atoms with van der Waals surface area (Å²) in [5.74, 6) is -1.06. The van der Waals surface area contributed by atoms with E-state index >= 15 is 0 Å². The van der Waals surface area contributed by atoms with Gasteiger partial charge in [0.1, 0.15) is 6.61 Å². The van der Waals surface area contributed by atoms with Gasteiger partial charge < -0.3 is 20.9 Å². The number of nitrogen functional groups attached to an aromatic ring is 1. The molecule has 0 spiro atoms. The SMILES string of the molecule is Nc1ccc(C(=O)O)cc1NCCOCC(F)F. The van der Waals surface area contributed by atoms with Crippen molar-refractivity contribution < 1.29 is 23.4 Å². The molecule has 1 aromatic rings. The predicted octanol–water partition coefficient (Wildman–Crippen LogP) is 1.66. The van der Waals surface area contributed by atoms with Crippen molar-refractivity contribution in [1.29, 1.82) is 0 Å². The summed E-state index contributed by atoms with van der Waals surface area (Å²) in [6.07, 6.45) is -2.49. The van der Waals surface area contributed by atoms with Crippen LogP contribution in [0.4, 0.5) is 20.2 Å². The quantitative estimate of drug-likeness (QED) is 0.513. The Balaban J connectivity index is 2.46. The summed E-state index contributed by atoms with van der Waals surface area (Å²) < 4.78 is 28.2. The Hall–Kier alpha value is -1.89. The number of halogens is 2. The van der Waals surface area contributed by atoms with Crippen LogP contribution in [0.5, 0.6) is 0 Å². The predicted molar refractivity (Wildman–Crippen MR) is 63.1 cm³/mol. The first-order valence-electron chi connectivity index (χ1n) is 5.23. The molecule has 5 nitrogen and oxygen atoms in total. The summed E-state index contributed by atoms with van der Waals surface area (Å²) in [7, 11) is 0. The molecule has 0 aliphatic heterocycles. The van der Waals surface area contributed by atoms with E-state index in [0.717, 1.165) is 0 Å². The monoisotopic (exact) mass is 260 g/mol. The summed E-state index contributed by atoms with van der Waals surface area (Å²) in [4.78, 5) is 10.7. The maximum absolute atomic E-state index is 11.8. The van der Waals surface area contributed by atoms with E-state index < -0.39 is 19.0 Å². The molecule has 1 aromatic carbocycles. The third kappa shape index (κ3) is 4.54. The molecule has 0 saturated carbocycles. The zero-order valence-electron chi connectivity index (χ0n) is 9.53. The minimum absolute atomic E-state index is 0.0844. The lowest BCUT2D eigenvalue weighted by molar-refractivity contribution is 0.0215. The Morgan fingerprint density at radius 3 is 2.83 bits per heavy atom. The fourth-order valence-corrected chi connectivity index (χ4v) is 1.27. The number of anilines is 2. The lowest BCUT2D eigenvalue weighted by atomic mass is 10.2. The van der Waals surface area contributed by atoms with Gasteiger partial charge in [0.15, 0.2) is 0 Å². The number of carboxylic acids is 1. The molecule has 0 radical (unpaired) electrons. The van der Waals surface area contributed by atoms with Crippen LogP contribution in [0.2, 0.25) is 0 Å². The standard InChI is InChI=1S/C11H14F2N2O3/c12-10(13)6-18-4-3-15-9-5-7(11(16)17)1-2-8(9)14/h1-2,5,10,15H,3-4,6,14H2,(H,16,17). The summed E-state index contributed by atoms with van der Waals surface area (Å²) >= 11 is 0. The molecular formula is C11H14F2N2O3. The van der Waals surface area contributed by atoms with Gasteiger partial charge >= 0.3 is 5.97 Å². The van der Waals surface area contributed by atoms with Gasteiger partial charge in [-0.05, 0) is 18.2 Å². The zero-order chi connectivity index (χ0) is 13.5. The average Bonchev–Trinajstić information content (AvgIpc) is 2.30. The largest absolute Gasteiger partial charge is 0.478 e. The molecule has 0 atom stereocenters. The molecule has 0 unspecified atom stereocenters. The Labute approximate surface area is 103 Å². The molecule has 0 bridgehead atoms. The van der Waals surface area contributed by atoms with E-state index in [2.05, 4.69) is 10.1 Å². The van der Waals surface area contributed by atoms with Crippen LogP contribution in [0.3, 0.4) is 0 Å². The number of aromatic carboxylic acids is 1. The molecule has 0 heterocycles. The molecule has 0 aromatic heterocycles. The van der Waals surface area contributed by atoms with E-state index in [9.17, 15) is 13.6 Å². The molecule has 0 saturated heterocycles. The highest BCUT2D eigenvalue weighted by Crippen LogP contribution is 2.19. The van der Waals surface area contributed by atoms with Gasteiger partial charge in [-0.1, -0.05) is 0 Å². The molecular weight excluding hydrogens is 246 g/mol. The van der Waals surface area contributed by atoms with E-state index in [4.69, 9.17) is 10.8 Å². The van der Waals surface area contributed by atoms with Crippen LogP contribution in [0.1, 0.15) is 10.4 Å². The molecule has 1 rings (SSSR count). The van der Waals surface area contributed by atoms with Crippen molar-refractivity contribution in [2.45, 2.75) is 6.43 Å². The Bertz CT molecular complexity index is 413. The van der Waals surface area contributed by atoms with Crippen LogP contribution in [-0.4, -0.2) is 37.3 Å². The van der Waals surface area contributed by atoms with Crippen LogP contribution in [0.15, 0.2) is 18.2 Å². The van der Waals surface area contributed by atoms with Crippen molar-refractivity contribution in [3.05, 3.63) is 23.8 Å². The second-order valence-corrected chi connectivity index (χ2v) is 3.50. The van der Waals surface area contributed by atoms with Crippen molar-refractivity contribution in [2.75, 3.05) is 30.8 Å². The Kier molecular flexibility index (Phi) is 5.31. The number of nitrogens with one attached hydrogen (secondary N) is 1.